The smallest absolute Gasteiger partial charge is 0.272 e. The van der Waals surface area contributed by atoms with Crippen molar-refractivity contribution in [3.8, 4) is 5.95 Å². The number of hydrogen-bond acceptors (Lipinski definition) is 6. The van der Waals surface area contributed by atoms with Gasteiger partial charge in [0.05, 0.1) is 12.1 Å². The SMILES string of the molecule is O=C(NCc1ncnn1-c1ncccn1)c1cc2ccccn2n1. The Labute approximate surface area is 136 Å². The van der Waals surface area contributed by atoms with Crippen molar-refractivity contribution in [3.05, 3.63) is 66.8 Å². The number of nitrogens with zero attached hydrogens (tertiary/aromatic N) is 7. The van der Waals surface area contributed by atoms with Gasteiger partial charge in [-0.15, -0.1) is 0 Å². The maximum Gasteiger partial charge on any atom is 0.272 e. The zero-order valence-electron chi connectivity index (χ0n) is 12.4. The highest BCUT2D eigenvalue weighted by atomic mass is 16.1. The molecule has 0 atom stereocenters. The van der Waals surface area contributed by atoms with Crippen molar-refractivity contribution in [2.45, 2.75) is 6.54 Å². The second-order valence-corrected chi connectivity index (χ2v) is 4.92. The molecule has 0 bridgehead atoms. The summed E-state index contributed by atoms with van der Waals surface area (Å²) in [7, 11) is 0. The number of fused-ring (bicyclic) bond motifs is 1. The van der Waals surface area contributed by atoms with Crippen molar-refractivity contribution >= 4 is 11.4 Å². The lowest BCUT2D eigenvalue weighted by atomic mass is 10.3. The van der Waals surface area contributed by atoms with Gasteiger partial charge in [-0.05, 0) is 24.3 Å². The Morgan fingerprint density at radius 2 is 2.00 bits per heavy atom. The predicted molar refractivity (Wildman–Crippen MR) is 83.3 cm³/mol. The molecule has 0 aliphatic carbocycles. The van der Waals surface area contributed by atoms with Gasteiger partial charge < -0.3 is 5.32 Å². The van der Waals surface area contributed by atoms with Crippen LogP contribution in [0.5, 0.6) is 0 Å². The molecule has 4 heterocycles. The molecule has 1 amide bonds. The maximum absolute atomic E-state index is 12.3. The van der Waals surface area contributed by atoms with Crippen LogP contribution in [0.15, 0.2) is 55.2 Å². The number of carbonyl (C=O) groups is 1. The summed E-state index contributed by atoms with van der Waals surface area (Å²) in [5.74, 6) is 0.632. The molecule has 9 heteroatoms. The number of pyridine rings is 1. The molecular formula is C15H12N8O. The van der Waals surface area contributed by atoms with E-state index in [-0.39, 0.29) is 12.5 Å². The van der Waals surface area contributed by atoms with Gasteiger partial charge in [0.25, 0.3) is 11.9 Å². The van der Waals surface area contributed by atoms with Gasteiger partial charge in [-0.2, -0.15) is 14.9 Å². The molecular weight excluding hydrogens is 308 g/mol. The molecule has 4 aromatic heterocycles. The van der Waals surface area contributed by atoms with Gasteiger partial charge in [-0.25, -0.2) is 19.5 Å². The third-order valence-electron chi connectivity index (χ3n) is 3.37. The Morgan fingerprint density at radius 1 is 1.12 bits per heavy atom. The molecule has 4 aromatic rings. The van der Waals surface area contributed by atoms with Crippen LogP contribution in [0.2, 0.25) is 0 Å². The second-order valence-electron chi connectivity index (χ2n) is 4.92. The highest BCUT2D eigenvalue weighted by Gasteiger charge is 2.13. The number of nitrogens with one attached hydrogen (secondary N) is 1. The summed E-state index contributed by atoms with van der Waals surface area (Å²) in [6.45, 7) is 0.185. The van der Waals surface area contributed by atoms with Gasteiger partial charge in [0.15, 0.2) is 11.5 Å². The van der Waals surface area contributed by atoms with Gasteiger partial charge in [0.1, 0.15) is 6.33 Å². The Hall–Kier alpha value is -3.62. The molecule has 0 spiro atoms. The molecule has 118 valence electrons. The zero-order valence-corrected chi connectivity index (χ0v) is 12.4. The number of aromatic nitrogens is 7. The first-order chi connectivity index (χ1) is 11.8. The summed E-state index contributed by atoms with van der Waals surface area (Å²) >= 11 is 0. The van der Waals surface area contributed by atoms with Crippen LogP contribution in [-0.4, -0.2) is 40.3 Å². The van der Waals surface area contributed by atoms with Crippen molar-refractivity contribution in [1.82, 2.24) is 39.7 Å². The Morgan fingerprint density at radius 3 is 2.83 bits per heavy atom. The van der Waals surface area contributed by atoms with Gasteiger partial charge in [-0.1, -0.05) is 6.07 Å². The van der Waals surface area contributed by atoms with E-state index in [9.17, 15) is 4.79 Å². The molecule has 0 aliphatic heterocycles. The highest BCUT2D eigenvalue weighted by molar-refractivity contribution is 5.93. The van der Waals surface area contributed by atoms with Crippen molar-refractivity contribution in [1.29, 1.82) is 0 Å². The number of amides is 1. The zero-order chi connectivity index (χ0) is 16.4. The van der Waals surface area contributed by atoms with Gasteiger partial charge in [0, 0.05) is 18.6 Å². The molecule has 0 radical (unpaired) electrons. The van der Waals surface area contributed by atoms with Crippen LogP contribution in [-0.2, 0) is 6.54 Å². The highest BCUT2D eigenvalue weighted by Crippen LogP contribution is 2.06. The Balaban J connectivity index is 1.51. The lowest BCUT2D eigenvalue weighted by molar-refractivity contribution is 0.0944. The first-order valence-corrected chi connectivity index (χ1v) is 7.20. The Bertz CT molecular complexity index is 958. The minimum atomic E-state index is -0.290. The van der Waals surface area contributed by atoms with E-state index in [0.717, 1.165) is 5.52 Å². The molecule has 0 aliphatic rings. The average molecular weight is 320 g/mol. The Kier molecular flexibility index (Phi) is 3.43. The summed E-state index contributed by atoms with van der Waals surface area (Å²) in [5.41, 5.74) is 1.19. The molecule has 0 saturated carbocycles. The monoisotopic (exact) mass is 320 g/mol. The molecule has 1 N–H and O–H groups in total. The largest absolute Gasteiger partial charge is 0.343 e. The predicted octanol–water partition coefficient (Wildman–Crippen LogP) is 0.635. The van der Waals surface area contributed by atoms with E-state index >= 15 is 0 Å². The van der Waals surface area contributed by atoms with E-state index in [2.05, 4.69) is 30.5 Å². The van der Waals surface area contributed by atoms with Crippen molar-refractivity contribution in [2.75, 3.05) is 0 Å². The molecule has 0 saturated heterocycles. The van der Waals surface area contributed by atoms with Crippen LogP contribution in [0.25, 0.3) is 11.5 Å². The van der Waals surface area contributed by atoms with Crippen LogP contribution in [0, 0.1) is 0 Å². The van der Waals surface area contributed by atoms with Crippen LogP contribution < -0.4 is 5.32 Å². The molecule has 0 unspecified atom stereocenters. The molecule has 4 rings (SSSR count). The maximum atomic E-state index is 12.3. The quantitative estimate of drug-likeness (QED) is 0.592. The molecule has 24 heavy (non-hydrogen) atoms. The topological polar surface area (TPSA) is 103 Å². The van der Waals surface area contributed by atoms with E-state index in [1.54, 1.807) is 35.2 Å². The minimum Gasteiger partial charge on any atom is -0.343 e. The summed E-state index contributed by atoms with van der Waals surface area (Å²) in [6, 6.07) is 9.06. The summed E-state index contributed by atoms with van der Waals surface area (Å²) in [6.07, 6.45) is 6.41. The standard InChI is InChI=1S/C15H12N8O/c24-14(12-8-11-4-1-2-7-22(11)21-12)18-9-13-19-10-20-23(13)15-16-5-3-6-17-15/h1-8,10H,9H2,(H,18,24). The van der Waals surface area contributed by atoms with E-state index in [1.165, 1.54) is 11.0 Å². The summed E-state index contributed by atoms with van der Waals surface area (Å²) in [4.78, 5) is 24.6. The van der Waals surface area contributed by atoms with Gasteiger partial charge >= 0.3 is 0 Å². The number of hydrogen-bond donors (Lipinski definition) is 1. The third-order valence-corrected chi connectivity index (χ3v) is 3.37. The van der Waals surface area contributed by atoms with Crippen LogP contribution in [0.3, 0.4) is 0 Å². The van der Waals surface area contributed by atoms with Crippen molar-refractivity contribution in [3.63, 3.8) is 0 Å². The normalized spacial score (nSPS) is 10.8. The molecule has 0 aromatic carbocycles. The van der Waals surface area contributed by atoms with E-state index < -0.39 is 0 Å². The fraction of sp³-hybridized carbons (Fsp3) is 0.0667. The third kappa shape index (κ3) is 2.58. The van der Waals surface area contributed by atoms with Crippen LogP contribution in [0.1, 0.15) is 16.3 Å². The van der Waals surface area contributed by atoms with Crippen molar-refractivity contribution in [2.24, 2.45) is 0 Å². The van der Waals surface area contributed by atoms with Gasteiger partial charge in [0.2, 0.25) is 0 Å². The lowest BCUT2D eigenvalue weighted by Crippen LogP contribution is -2.25. The summed E-state index contributed by atoms with van der Waals surface area (Å²) in [5, 5.41) is 11.1. The first kappa shape index (κ1) is 14.0. The minimum absolute atomic E-state index is 0.185. The fourth-order valence-electron chi connectivity index (χ4n) is 2.25. The first-order valence-electron chi connectivity index (χ1n) is 7.20. The fourth-order valence-corrected chi connectivity index (χ4v) is 2.25. The van der Waals surface area contributed by atoms with Crippen LogP contribution in [0.4, 0.5) is 0 Å². The number of carbonyl (C=O) groups excluding carboxylic acids is 1. The van der Waals surface area contributed by atoms with Gasteiger partial charge in [-0.3, -0.25) is 4.79 Å². The molecule has 9 nitrogen and oxygen atoms in total. The van der Waals surface area contributed by atoms with E-state index in [1.807, 2.05) is 18.2 Å². The average Bonchev–Trinajstić information content (AvgIpc) is 3.27. The lowest BCUT2D eigenvalue weighted by Gasteiger charge is -2.04. The molecule has 0 fully saturated rings. The van der Waals surface area contributed by atoms with Crippen molar-refractivity contribution < 1.29 is 4.79 Å². The van der Waals surface area contributed by atoms with Crippen LogP contribution >= 0.6 is 0 Å². The van der Waals surface area contributed by atoms with E-state index in [4.69, 9.17) is 0 Å². The second kappa shape index (κ2) is 5.88. The number of rotatable bonds is 4. The van der Waals surface area contributed by atoms with E-state index in [0.29, 0.717) is 17.5 Å². The summed E-state index contributed by atoms with van der Waals surface area (Å²) < 4.78 is 3.12.